The molecule has 1 aliphatic heterocycles. The normalized spacial score (nSPS) is 14.2. The van der Waals surface area contributed by atoms with E-state index in [1.165, 1.54) is 35.0 Å². The zero-order valence-electron chi connectivity index (χ0n) is 20.8. The molecular formula is C26H23F3N6O4S. The van der Waals surface area contributed by atoms with Gasteiger partial charge in [0.1, 0.15) is 5.69 Å². The minimum atomic E-state index is -4.62. The number of nitrogens with zero attached hydrogens (tertiary/aromatic N) is 4. The number of primary sulfonamides is 1. The van der Waals surface area contributed by atoms with E-state index in [1.54, 1.807) is 35.4 Å². The molecule has 0 radical (unpaired) electrons. The van der Waals surface area contributed by atoms with Crippen LogP contribution in [0.5, 0.6) is 0 Å². The predicted molar refractivity (Wildman–Crippen MR) is 141 cm³/mol. The van der Waals surface area contributed by atoms with Gasteiger partial charge >= 0.3 is 6.18 Å². The third-order valence-electron chi connectivity index (χ3n) is 6.22. The van der Waals surface area contributed by atoms with Gasteiger partial charge in [-0.1, -0.05) is 17.3 Å². The Morgan fingerprint density at radius 2 is 1.70 bits per heavy atom. The Morgan fingerprint density at radius 1 is 0.975 bits per heavy atom. The van der Waals surface area contributed by atoms with Crippen LogP contribution in [0.15, 0.2) is 77.8 Å². The van der Waals surface area contributed by atoms with Crippen LogP contribution in [-0.2, 0) is 20.9 Å². The van der Waals surface area contributed by atoms with Crippen LogP contribution in [0.4, 0.5) is 24.5 Å². The van der Waals surface area contributed by atoms with E-state index in [4.69, 9.17) is 9.88 Å². The molecule has 1 aromatic heterocycles. The molecule has 14 heteroatoms. The number of carbonyl (C=O) groups excluding carboxylic acids is 1. The Bertz CT molecular complexity index is 1650. The number of hydrogen-bond acceptors (Lipinski definition) is 7. The van der Waals surface area contributed by atoms with Gasteiger partial charge in [0.25, 0.3) is 5.91 Å². The fraction of sp³-hybridized carbons (Fsp3) is 0.192. The molecule has 3 aromatic carbocycles. The summed E-state index contributed by atoms with van der Waals surface area (Å²) in [5.74, 6) is -0.698. The van der Waals surface area contributed by atoms with Gasteiger partial charge < -0.3 is 15.0 Å². The number of rotatable bonds is 6. The number of sulfonamides is 1. The highest BCUT2D eigenvalue weighted by molar-refractivity contribution is 7.89. The SMILES string of the molecule is NS(=O)(=O)c1ccc(-n2cc(-c3cccc(NC(=O)c4cc(N5CCOCC5)cc(C(F)(F)F)c4)c3)nn2)cc1. The summed E-state index contributed by atoms with van der Waals surface area (Å²) >= 11 is 0. The minimum Gasteiger partial charge on any atom is -0.378 e. The van der Waals surface area contributed by atoms with Crippen LogP contribution in [-0.4, -0.2) is 55.6 Å². The quantitative estimate of drug-likeness (QED) is 0.360. The predicted octanol–water partition coefficient (Wildman–Crippen LogP) is 3.69. The number of anilines is 2. The number of alkyl halides is 3. The Hall–Kier alpha value is -4.27. The van der Waals surface area contributed by atoms with Crippen molar-refractivity contribution in [2.75, 3.05) is 36.5 Å². The molecule has 0 bridgehead atoms. The molecule has 5 rings (SSSR count). The number of benzene rings is 3. The number of hydrogen-bond donors (Lipinski definition) is 2. The zero-order chi connectivity index (χ0) is 28.5. The fourth-order valence-corrected chi connectivity index (χ4v) is 4.70. The summed E-state index contributed by atoms with van der Waals surface area (Å²) in [6.45, 7) is 1.61. The van der Waals surface area contributed by atoms with E-state index in [1.807, 2.05) is 0 Å². The van der Waals surface area contributed by atoms with Crippen molar-refractivity contribution in [3.8, 4) is 16.9 Å². The van der Waals surface area contributed by atoms with Gasteiger partial charge in [-0.2, -0.15) is 13.2 Å². The van der Waals surface area contributed by atoms with Crippen LogP contribution in [0, 0.1) is 0 Å². The Kier molecular flexibility index (Phi) is 7.31. The third kappa shape index (κ3) is 6.14. The second-order valence-electron chi connectivity index (χ2n) is 8.99. The average Bonchev–Trinajstić information content (AvgIpc) is 3.43. The standard InChI is InChI=1S/C26H23F3N6O4S/c27-26(28,29)19-12-18(14-22(15-19)34-8-10-39-11-9-34)25(36)31-20-3-1-2-17(13-20)24-16-35(33-32-24)21-4-6-23(7-5-21)40(30,37)38/h1-7,12-16H,8-11H2,(H,31,36)(H2,30,37,38). The summed E-state index contributed by atoms with van der Waals surface area (Å²) < 4.78 is 70.5. The molecule has 1 amide bonds. The summed E-state index contributed by atoms with van der Waals surface area (Å²) in [6.07, 6.45) is -3.02. The number of amides is 1. The number of nitrogens with one attached hydrogen (secondary N) is 1. The molecule has 0 aliphatic carbocycles. The lowest BCUT2D eigenvalue weighted by molar-refractivity contribution is -0.137. The van der Waals surface area contributed by atoms with Crippen molar-refractivity contribution in [3.63, 3.8) is 0 Å². The van der Waals surface area contributed by atoms with Crippen molar-refractivity contribution < 1.29 is 31.1 Å². The molecular weight excluding hydrogens is 549 g/mol. The Labute approximate surface area is 227 Å². The van der Waals surface area contributed by atoms with Crippen LogP contribution in [0.2, 0.25) is 0 Å². The summed E-state index contributed by atoms with van der Waals surface area (Å²) in [6, 6.07) is 15.7. The van der Waals surface area contributed by atoms with Gasteiger partial charge in [0.05, 0.1) is 35.6 Å². The summed E-state index contributed by atoms with van der Waals surface area (Å²) in [5, 5.41) is 16.0. The molecule has 1 fully saturated rings. The minimum absolute atomic E-state index is 0.0436. The second kappa shape index (κ2) is 10.7. The highest BCUT2D eigenvalue weighted by Crippen LogP contribution is 2.33. The van der Waals surface area contributed by atoms with E-state index < -0.39 is 27.7 Å². The first-order chi connectivity index (χ1) is 19.0. The van der Waals surface area contributed by atoms with Crippen molar-refractivity contribution >= 4 is 27.3 Å². The highest BCUT2D eigenvalue weighted by atomic mass is 32.2. The number of nitrogens with two attached hydrogens (primary N) is 1. The first-order valence-corrected chi connectivity index (χ1v) is 13.5. The van der Waals surface area contributed by atoms with Crippen LogP contribution in [0.3, 0.4) is 0 Å². The molecule has 4 aromatic rings. The molecule has 3 N–H and O–H groups in total. The number of morpholine rings is 1. The van der Waals surface area contributed by atoms with Gasteiger partial charge in [0, 0.05) is 35.6 Å². The smallest absolute Gasteiger partial charge is 0.378 e. The first kappa shape index (κ1) is 27.3. The molecule has 1 aliphatic rings. The van der Waals surface area contributed by atoms with E-state index in [-0.39, 0.29) is 10.5 Å². The molecule has 2 heterocycles. The largest absolute Gasteiger partial charge is 0.416 e. The van der Waals surface area contributed by atoms with Crippen molar-refractivity contribution in [1.29, 1.82) is 0 Å². The van der Waals surface area contributed by atoms with Crippen LogP contribution < -0.4 is 15.4 Å². The van der Waals surface area contributed by atoms with Crippen molar-refractivity contribution in [1.82, 2.24) is 15.0 Å². The second-order valence-corrected chi connectivity index (χ2v) is 10.5. The van der Waals surface area contributed by atoms with Crippen molar-refractivity contribution in [3.05, 3.63) is 84.1 Å². The van der Waals surface area contributed by atoms with Crippen molar-refractivity contribution in [2.24, 2.45) is 5.14 Å². The zero-order valence-corrected chi connectivity index (χ0v) is 21.6. The van der Waals surface area contributed by atoms with Crippen LogP contribution >= 0.6 is 0 Å². The number of aromatic nitrogens is 3. The van der Waals surface area contributed by atoms with E-state index >= 15 is 0 Å². The number of halogens is 3. The molecule has 0 saturated carbocycles. The molecule has 40 heavy (non-hydrogen) atoms. The topological polar surface area (TPSA) is 132 Å². The van der Waals surface area contributed by atoms with Gasteiger partial charge in [-0.25, -0.2) is 18.2 Å². The molecule has 208 valence electrons. The monoisotopic (exact) mass is 572 g/mol. The fourth-order valence-electron chi connectivity index (χ4n) is 4.18. The highest BCUT2D eigenvalue weighted by Gasteiger charge is 2.32. The first-order valence-electron chi connectivity index (χ1n) is 12.0. The lowest BCUT2D eigenvalue weighted by Crippen LogP contribution is -2.36. The van der Waals surface area contributed by atoms with Gasteiger partial charge in [-0.15, -0.1) is 5.10 Å². The number of carbonyl (C=O) groups is 1. The maximum absolute atomic E-state index is 13.6. The average molecular weight is 573 g/mol. The van der Waals surface area contributed by atoms with E-state index in [0.29, 0.717) is 54.6 Å². The lowest BCUT2D eigenvalue weighted by atomic mass is 10.1. The van der Waals surface area contributed by atoms with Gasteiger partial charge in [-0.05, 0) is 54.6 Å². The Balaban J connectivity index is 1.37. The molecule has 1 saturated heterocycles. The Morgan fingerprint density at radius 3 is 2.38 bits per heavy atom. The van der Waals surface area contributed by atoms with Crippen LogP contribution in [0.25, 0.3) is 16.9 Å². The van der Waals surface area contributed by atoms with Crippen molar-refractivity contribution in [2.45, 2.75) is 11.1 Å². The van der Waals surface area contributed by atoms with Gasteiger partial charge in [0.2, 0.25) is 10.0 Å². The van der Waals surface area contributed by atoms with Gasteiger partial charge in [-0.3, -0.25) is 4.79 Å². The van der Waals surface area contributed by atoms with E-state index in [9.17, 15) is 26.4 Å². The molecule has 0 spiro atoms. The summed E-state index contributed by atoms with van der Waals surface area (Å²) in [5.41, 5.74) is 1.17. The lowest BCUT2D eigenvalue weighted by Gasteiger charge is -2.29. The van der Waals surface area contributed by atoms with E-state index in [2.05, 4.69) is 15.6 Å². The maximum Gasteiger partial charge on any atom is 0.416 e. The van der Waals surface area contributed by atoms with E-state index in [0.717, 1.165) is 12.1 Å². The van der Waals surface area contributed by atoms with Gasteiger partial charge in [0.15, 0.2) is 0 Å². The molecule has 0 unspecified atom stereocenters. The number of ether oxygens (including phenoxy) is 1. The third-order valence-corrected chi connectivity index (χ3v) is 7.15. The summed E-state index contributed by atoms with van der Waals surface area (Å²) in [7, 11) is -3.84. The molecule has 10 nitrogen and oxygen atoms in total. The molecule has 0 atom stereocenters. The summed E-state index contributed by atoms with van der Waals surface area (Å²) in [4.78, 5) is 14.8. The maximum atomic E-state index is 13.6. The van der Waals surface area contributed by atoms with Crippen LogP contribution in [0.1, 0.15) is 15.9 Å².